The van der Waals surface area contributed by atoms with Crippen LogP contribution in [0.3, 0.4) is 0 Å². The molecule has 2 aromatic carbocycles. The van der Waals surface area contributed by atoms with E-state index in [-0.39, 0.29) is 0 Å². The van der Waals surface area contributed by atoms with Gasteiger partial charge in [-0.2, -0.15) is 0 Å². The van der Waals surface area contributed by atoms with Crippen molar-refractivity contribution in [3.8, 4) is 11.4 Å². The van der Waals surface area contributed by atoms with Gasteiger partial charge in [0.25, 0.3) is 0 Å². The van der Waals surface area contributed by atoms with E-state index in [9.17, 15) is 0 Å². The van der Waals surface area contributed by atoms with Crippen LogP contribution in [0, 0.1) is 20.8 Å². The molecule has 25 heavy (non-hydrogen) atoms. The van der Waals surface area contributed by atoms with Gasteiger partial charge in [0.05, 0.1) is 12.3 Å². The quantitative estimate of drug-likeness (QED) is 0.562. The molecule has 1 heterocycles. The van der Waals surface area contributed by atoms with Gasteiger partial charge in [0, 0.05) is 34.9 Å². The van der Waals surface area contributed by atoms with Gasteiger partial charge in [0.1, 0.15) is 5.75 Å². The molecular formula is C22H24N2O. The molecule has 0 saturated heterocycles. The molecule has 0 aliphatic carbocycles. The van der Waals surface area contributed by atoms with Crippen molar-refractivity contribution < 1.29 is 4.74 Å². The molecule has 3 aromatic rings. The minimum atomic E-state index is 0.658. The molecular weight excluding hydrogens is 308 g/mol. The predicted octanol–water partition coefficient (Wildman–Crippen LogP) is 5.55. The van der Waals surface area contributed by atoms with Gasteiger partial charge in [0.15, 0.2) is 0 Å². The van der Waals surface area contributed by atoms with Crippen molar-refractivity contribution in [1.29, 1.82) is 0 Å². The van der Waals surface area contributed by atoms with Crippen LogP contribution in [-0.2, 0) is 0 Å². The second-order valence-corrected chi connectivity index (χ2v) is 6.19. The zero-order valence-electron chi connectivity index (χ0n) is 15.3. The summed E-state index contributed by atoms with van der Waals surface area (Å²) in [5.74, 6) is 0.849. The van der Waals surface area contributed by atoms with Crippen molar-refractivity contribution in [2.45, 2.75) is 27.7 Å². The summed E-state index contributed by atoms with van der Waals surface area (Å²) in [6, 6.07) is 18.6. The number of aromatic nitrogens is 1. The summed E-state index contributed by atoms with van der Waals surface area (Å²) in [7, 11) is 0. The van der Waals surface area contributed by atoms with Crippen LogP contribution in [0.15, 0.2) is 59.6 Å². The third-order valence-corrected chi connectivity index (χ3v) is 4.21. The zero-order valence-corrected chi connectivity index (χ0v) is 15.3. The van der Waals surface area contributed by atoms with Gasteiger partial charge in [-0.15, -0.1) is 0 Å². The first-order valence-corrected chi connectivity index (χ1v) is 8.61. The Morgan fingerprint density at radius 2 is 1.80 bits per heavy atom. The number of hydrogen-bond acceptors (Lipinski definition) is 2. The molecule has 0 radical (unpaired) electrons. The first kappa shape index (κ1) is 17.0. The molecule has 3 nitrogen and oxygen atoms in total. The topological polar surface area (TPSA) is 26.5 Å². The highest BCUT2D eigenvalue weighted by molar-refractivity contribution is 5.84. The maximum Gasteiger partial charge on any atom is 0.121 e. The Hall–Kier alpha value is -2.81. The fourth-order valence-corrected chi connectivity index (χ4v) is 3.05. The van der Waals surface area contributed by atoms with Crippen molar-refractivity contribution in [2.24, 2.45) is 4.99 Å². The molecule has 0 aliphatic heterocycles. The van der Waals surface area contributed by atoms with Crippen LogP contribution >= 0.6 is 0 Å². The number of aliphatic imine (C=N–C) groups is 1. The molecule has 0 unspecified atom stereocenters. The maximum atomic E-state index is 5.54. The smallest absolute Gasteiger partial charge is 0.121 e. The first-order valence-electron chi connectivity index (χ1n) is 8.61. The minimum absolute atomic E-state index is 0.658. The van der Waals surface area contributed by atoms with Gasteiger partial charge in [-0.05, 0) is 63.6 Å². The van der Waals surface area contributed by atoms with Crippen LogP contribution in [0.2, 0.25) is 0 Å². The highest BCUT2D eigenvalue weighted by Crippen LogP contribution is 2.23. The van der Waals surface area contributed by atoms with Gasteiger partial charge in [-0.25, -0.2) is 0 Å². The molecule has 1 aromatic heterocycles. The largest absolute Gasteiger partial charge is 0.494 e. The Bertz CT molecular complexity index is 906. The van der Waals surface area contributed by atoms with E-state index in [1.54, 1.807) is 0 Å². The molecule has 0 fully saturated rings. The van der Waals surface area contributed by atoms with E-state index in [1.165, 1.54) is 22.6 Å². The summed E-state index contributed by atoms with van der Waals surface area (Å²) in [6.07, 6.45) is 1.93. The molecule has 0 spiro atoms. The summed E-state index contributed by atoms with van der Waals surface area (Å²) in [4.78, 5) is 4.63. The van der Waals surface area contributed by atoms with Crippen LogP contribution in [0.25, 0.3) is 5.69 Å². The molecule has 0 aliphatic rings. The molecule has 0 N–H and O–H groups in total. The zero-order chi connectivity index (χ0) is 17.8. The van der Waals surface area contributed by atoms with Gasteiger partial charge in [-0.1, -0.05) is 18.2 Å². The minimum Gasteiger partial charge on any atom is -0.494 e. The van der Waals surface area contributed by atoms with Crippen molar-refractivity contribution in [1.82, 2.24) is 4.57 Å². The third kappa shape index (κ3) is 3.82. The third-order valence-electron chi connectivity index (χ3n) is 4.21. The molecule has 128 valence electrons. The SMILES string of the molecule is CCOc1cccc(N=Cc2cc(C)n(-c3cccc(C)c3)c2C)c1. The van der Waals surface area contributed by atoms with E-state index in [2.05, 4.69) is 60.7 Å². The van der Waals surface area contributed by atoms with Crippen molar-refractivity contribution in [2.75, 3.05) is 6.61 Å². The van der Waals surface area contributed by atoms with E-state index >= 15 is 0 Å². The molecule has 0 amide bonds. The van der Waals surface area contributed by atoms with E-state index in [1.807, 2.05) is 37.4 Å². The number of hydrogen-bond donors (Lipinski definition) is 0. The fourth-order valence-electron chi connectivity index (χ4n) is 3.05. The second-order valence-electron chi connectivity index (χ2n) is 6.19. The summed E-state index contributed by atoms with van der Waals surface area (Å²) in [5.41, 5.74) is 6.86. The van der Waals surface area contributed by atoms with E-state index in [0.717, 1.165) is 17.0 Å². The van der Waals surface area contributed by atoms with Gasteiger partial charge in [-0.3, -0.25) is 4.99 Å². The first-order chi connectivity index (χ1) is 12.1. The predicted molar refractivity (Wildman–Crippen MR) is 105 cm³/mol. The van der Waals surface area contributed by atoms with Crippen molar-refractivity contribution >= 4 is 11.9 Å². The average molecular weight is 332 g/mol. The highest BCUT2D eigenvalue weighted by Gasteiger charge is 2.09. The molecule has 0 bridgehead atoms. The number of aryl methyl sites for hydroxylation is 2. The molecule has 0 atom stereocenters. The Morgan fingerprint density at radius 3 is 2.56 bits per heavy atom. The lowest BCUT2D eigenvalue weighted by Gasteiger charge is -2.10. The Kier molecular flexibility index (Phi) is 5.03. The van der Waals surface area contributed by atoms with Crippen LogP contribution in [0.1, 0.15) is 29.4 Å². The Balaban J connectivity index is 1.92. The van der Waals surface area contributed by atoms with Crippen LogP contribution in [0.4, 0.5) is 5.69 Å². The lowest BCUT2D eigenvalue weighted by Crippen LogP contribution is -1.99. The Morgan fingerprint density at radius 1 is 1.00 bits per heavy atom. The number of rotatable bonds is 5. The lowest BCUT2D eigenvalue weighted by atomic mass is 10.2. The molecule has 0 saturated carbocycles. The summed E-state index contributed by atoms with van der Waals surface area (Å²) < 4.78 is 7.81. The molecule has 3 heteroatoms. The number of ether oxygens (including phenoxy) is 1. The van der Waals surface area contributed by atoms with Crippen LogP contribution in [0.5, 0.6) is 5.75 Å². The summed E-state index contributed by atoms with van der Waals surface area (Å²) in [6.45, 7) is 9.02. The van der Waals surface area contributed by atoms with Crippen molar-refractivity contribution in [3.05, 3.63) is 77.1 Å². The highest BCUT2D eigenvalue weighted by atomic mass is 16.5. The van der Waals surface area contributed by atoms with Crippen molar-refractivity contribution in [3.63, 3.8) is 0 Å². The number of nitrogens with zero attached hydrogens (tertiary/aromatic N) is 2. The van der Waals surface area contributed by atoms with Gasteiger partial charge in [0.2, 0.25) is 0 Å². The average Bonchev–Trinajstić information content (AvgIpc) is 2.87. The van der Waals surface area contributed by atoms with Gasteiger partial charge < -0.3 is 9.30 Å². The lowest BCUT2D eigenvalue weighted by molar-refractivity contribution is 0.340. The van der Waals surface area contributed by atoms with E-state index in [0.29, 0.717) is 6.61 Å². The van der Waals surface area contributed by atoms with Crippen LogP contribution in [-0.4, -0.2) is 17.4 Å². The van der Waals surface area contributed by atoms with Crippen LogP contribution < -0.4 is 4.74 Å². The monoisotopic (exact) mass is 332 g/mol. The standard InChI is InChI=1S/C22H24N2O/c1-5-25-22-11-7-9-20(14-22)23-15-19-13-17(3)24(18(19)4)21-10-6-8-16(2)12-21/h6-15H,5H2,1-4H3. The Labute approximate surface area is 149 Å². The van der Waals surface area contributed by atoms with E-state index < -0.39 is 0 Å². The van der Waals surface area contributed by atoms with Gasteiger partial charge >= 0.3 is 0 Å². The summed E-state index contributed by atoms with van der Waals surface area (Å²) >= 11 is 0. The van der Waals surface area contributed by atoms with E-state index in [4.69, 9.17) is 4.74 Å². The second kappa shape index (κ2) is 7.39. The normalized spacial score (nSPS) is 11.2. The fraction of sp³-hybridized carbons (Fsp3) is 0.227. The molecule has 3 rings (SSSR count). The number of benzene rings is 2. The maximum absolute atomic E-state index is 5.54. The summed E-state index contributed by atoms with van der Waals surface area (Å²) in [5, 5.41) is 0.